The van der Waals surface area contributed by atoms with Gasteiger partial charge >= 0.3 is 0 Å². The van der Waals surface area contributed by atoms with Crippen LogP contribution in [0, 0.1) is 0 Å². The smallest absolute Gasteiger partial charge is 0 e. The monoisotopic (exact) mass is 412 g/mol. The van der Waals surface area contributed by atoms with Crippen molar-refractivity contribution in [1.82, 2.24) is 0 Å². The van der Waals surface area contributed by atoms with Crippen molar-refractivity contribution >= 4 is 0 Å². The van der Waals surface area contributed by atoms with E-state index in [1.807, 2.05) is 0 Å². The third-order valence-electron chi connectivity index (χ3n) is 0. The minimum atomic E-state index is 0. The van der Waals surface area contributed by atoms with Crippen LogP contribution < -0.4 is 0 Å². The number of rotatable bonds is 0. The summed E-state index contributed by atoms with van der Waals surface area (Å²) in [5.74, 6) is 0. The van der Waals surface area contributed by atoms with E-state index in [2.05, 4.69) is 0 Å². The van der Waals surface area contributed by atoms with Crippen molar-refractivity contribution in [2.45, 2.75) is 0 Å². The van der Waals surface area contributed by atoms with Gasteiger partial charge < -0.3 is 0 Å². The molecule has 0 unspecified atom stereocenters. The van der Waals surface area contributed by atoms with E-state index in [0.717, 1.165) is 0 Å². The van der Waals surface area contributed by atoms with Gasteiger partial charge in [-0.05, 0) is 0 Å². The fourth-order valence-corrected chi connectivity index (χ4v) is 0. The van der Waals surface area contributed by atoms with Gasteiger partial charge in [0.2, 0.25) is 0 Å². The van der Waals surface area contributed by atoms with E-state index in [-0.39, 0.29) is 88.5 Å². The largest absolute Gasteiger partial charge is 0 e. The minimum Gasteiger partial charge on any atom is 0 e. The summed E-state index contributed by atoms with van der Waals surface area (Å²) in [6, 6.07) is 0. The molecule has 0 N–H and O–H groups in total. The van der Waals surface area contributed by atoms with Crippen LogP contribution in [0.2, 0.25) is 0 Å². The Morgan fingerprint density at radius 1 is 1.00 bits per heavy atom. The van der Waals surface area contributed by atoms with Crippen LogP contribution in [0.1, 0.15) is 0 Å². The van der Waals surface area contributed by atoms with Crippen LogP contribution in [0.25, 0.3) is 0 Å². The number of hydrogen-bond acceptors (Lipinski definition) is 0. The van der Waals surface area contributed by atoms with Crippen molar-refractivity contribution in [3.05, 3.63) is 0 Å². The maximum absolute atomic E-state index is 0. The predicted molar refractivity (Wildman–Crippen MR) is 0 cm³/mol. The van der Waals surface area contributed by atoms with Crippen LogP contribution in [0.5, 0.6) is 0 Å². The van der Waals surface area contributed by atoms with E-state index in [1.165, 1.54) is 0 Å². The molecule has 5 heteroatoms. The van der Waals surface area contributed by atoms with Crippen LogP contribution in [0.4, 0.5) is 0 Å². The third kappa shape index (κ3) is 20.2. The van der Waals surface area contributed by atoms with Crippen LogP contribution in [0.3, 0.4) is 0 Å². The molecule has 0 aliphatic carbocycles. The van der Waals surface area contributed by atoms with Crippen molar-refractivity contribution in [3.8, 4) is 0 Å². The third-order valence-corrected chi connectivity index (χ3v) is 0. The van der Waals surface area contributed by atoms with Gasteiger partial charge in [0.25, 0.3) is 0 Å². The van der Waals surface area contributed by atoms with E-state index < -0.39 is 0 Å². The first-order valence-electron chi connectivity index (χ1n) is 0. The summed E-state index contributed by atoms with van der Waals surface area (Å²) in [5, 5.41) is 0. The summed E-state index contributed by atoms with van der Waals surface area (Å²) in [6.45, 7) is 0. The summed E-state index contributed by atoms with van der Waals surface area (Å²) in [4.78, 5) is 0. The van der Waals surface area contributed by atoms with E-state index in [0.29, 0.717) is 0 Å². The van der Waals surface area contributed by atoms with Gasteiger partial charge in [0, 0.05) is 88.5 Å². The number of hydrogen-bond donors (Lipinski definition) is 0. The van der Waals surface area contributed by atoms with Crippen LogP contribution in [-0.4, -0.2) is 0 Å². The van der Waals surface area contributed by atoms with Gasteiger partial charge in [-0.3, -0.25) is 0 Å². The molecule has 0 rings (SSSR count). The van der Waals surface area contributed by atoms with Gasteiger partial charge in [-0.25, -0.2) is 0 Å². The second-order valence-corrected chi connectivity index (χ2v) is 0. The molecule has 0 heterocycles. The topological polar surface area (TPSA) is 0 Å². The summed E-state index contributed by atoms with van der Waals surface area (Å²) < 4.78 is 0. The molecule has 0 aliphatic rings. The van der Waals surface area contributed by atoms with E-state index in [1.54, 1.807) is 0 Å². The molecule has 0 bridgehead atoms. The first-order chi connectivity index (χ1) is 0. The minimum absolute atomic E-state index is 0. The first-order valence-corrected chi connectivity index (χ1v) is 0. The molecule has 5 heavy (non-hydrogen) atoms. The van der Waals surface area contributed by atoms with Crippen LogP contribution in [0.15, 0.2) is 0 Å². The Bertz CT molecular complexity index is 11.6. The molecule has 0 fully saturated rings. The molecule has 0 spiro atoms. The second-order valence-electron chi connectivity index (χ2n) is 0. The SMILES string of the molecule is [Co].[Fe].[Mn].[Ni].[W]. The van der Waals surface area contributed by atoms with Crippen molar-refractivity contribution in [2.75, 3.05) is 0 Å². The molecular weight excluding hydrogens is 412 g/mol. The zero-order chi connectivity index (χ0) is 0. The van der Waals surface area contributed by atoms with Gasteiger partial charge in [0.1, 0.15) is 0 Å². The van der Waals surface area contributed by atoms with Gasteiger partial charge in [-0.15, -0.1) is 0 Å². The van der Waals surface area contributed by atoms with E-state index in [4.69, 9.17) is 0 Å². The van der Waals surface area contributed by atoms with E-state index >= 15 is 0 Å². The quantitative estimate of drug-likeness (QED) is 0.492. The van der Waals surface area contributed by atoms with Crippen molar-refractivity contribution in [2.24, 2.45) is 0 Å². The maximum Gasteiger partial charge on any atom is 0 e. The first kappa shape index (κ1) is 47.0. The Labute approximate surface area is 87.3 Å². The van der Waals surface area contributed by atoms with Gasteiger partial charge in [0.15, 0.2) is 0 Å². The molecule has 40 valence electrons. The van der Waals surface area contributed by atoms with E-state index in [9.17, 15) is 0 Å². The zero-order valence-electron chi connectivity index (χ0n) is 1.79. The zero-order valence-corrected chi connectivity index (χ0v) is 9.04. The van der Waals surface area contributed by atoms with Crippen molar-refractivity contribution in [3.63, 3.8) is 0 Å². The Morgan fingerprint density at radius 3 is 1.00 bits per heavy atom. The molecule has 0 aromatic heterocycles. The van der Waals surface area contributed by atoms with Crippen molar-refractivity contribution in [1.29, 1.82) is 0 Å². The Balaban J connectivity index is 0. The average molecular weight is 412 g/mol. The molecule has 0 aromatic carbocycles. The van der Waals surface area contributed by atoms with Gasteiger partial charge in [-0.2, -0.15) is 0 Å². The standard InChI is InChI=1S/Co.Fe.Mn.Ni.W. The van der Waals surface area contributed by atoms with Gasteiger partial charge in [-0.1, -0.05) is 0 Å². The molecule has 0 nitrogen and oxygen atoms in total. The molecule has 0 atom stereocenters. The average Bonchev–Trinajstić information content (AvgIpc) is 0. The normalized spacial score (nSPS) is 0. The fourth-order valence-electron chi connectivity index (χ4n) is 0. The summed E-state index contributed by atoms with van der Waals surface area (Å²) in [5.41, 5.74) is 0. The predicted octanol–water partition coefficient (Wildman–Crippen LogP) is -0.0125. The summed E-state index contributed by atoms with van der Waals surface area (Å²) >= 11 is 0. The van der Waals surface area contributed by atoms with Crippen molar-refractivity contribution < 1.29 is 88.5 Å². The molecular formula is CoFeMnNiW. The summed E-state index contributed by atoms with van der Waals surface area (Å²) in [6.07, 6.45) is 0. The molecule has 0 aliphatic heterocycles. The Hall–Kier alpha value is 2.73. The summed E-state index contributed by atoms with van der Waals surface area (Å²) in [7, 11) is 0. The van der Waals surface area contributed by atoms with Crippen LogP contribution in [-0.2, 0) is 88.5 Å². The Kier molecular flexibility index (Phi) is 279. The second kappa shape index (κ2) is 29.7. The van der Waals surface area contributed by atoms with Gasteiger partial charge in [0.05, 0.1) is 0 Å². The molecule has 0 saturated heterocycles. The van der Waals surface area contributed by atoms with Crippen LogP contribution >= 0.6 is 0 Å². The molecule has 0 aromatic rings. The Morgan fingerprint density at radius 2 is 1.00 bits per heavy atom. The molecule has 0 amide bonds. The fraction of sp³-hybridized carbons (Fsp3) is 0. The maximum atomic E-state index is 0. The molecule has 0 saturated carbocycles. The molecule has 2 radical (unpaired) electrons.